The number of H-pyrrole nitrogens is 2. The van der Waals surface area contributed by atoms with Crippen LogP contribution in [0.5, 0.6) is 0 Å². The number of amides is 5. The van der Waals surface area contributed by atoms with Crippen LogP contribution in [0.4, 0.5) is 4.79 Å². The number of ether oxygens (including phenoxy) is 1. The fraction of sp³-hybridized carbons (Fsp3) is 0.406. The summed E-state index contributed by atoms with van der Waals surface area (Å²) >= 11 is 0. The van der Waals surface area contributed by atoms with Gasteiger partial charge in [0.2, 0.25) is 23.9 Å². The van der Waals surface area contributed by atoms with Gasteiger partial charge in [-0.1, -0.05) is 18.2 Å². The number of carbonyl (C=O) groups excluding carboxylic acids is 4. The molecule has 0 saturated carbocycles. The maximum atomic E-state index is 13.5. The van der Waals surface area contributed by atoms with Gasteiger partial charge >= 0.3 is 17.7 Å². The van der Waals surface area contributed by atoms with Crippen molar-refractivity contribution in [2.75, 3.05) is 7.05 Å². The molecule has 1 aliphatic heterocycles. The zero-order valence-electron chi connectivity index (χ0n) is 28.5. The SMILES string of the molecule is C[C@H](N)C(=O)N(C)[C@H](C)C(NC(=O)[C@H](C)NC(=O)N[C@@H](Cc1c[nH]c2ccccc12)C(=O)O)C(=O)N/C=C1\O[C@@H](n2ccc(=O)[nH]c2=O)[C@H](O)[C@@H]1O. The van der Waals surface area contributed by atoms with E-state index in [1.807, 2.05) is 17.1 Å². The molecule has 3 heterocycles. The molecule has 4 rings (SSSR count). The van der Waals surface area contributed by atoms with E-state index in [0.717, 1.165) is 38.8 Å². The molecule has 0 aliphatic carbocycles. The molecule has 0 radical (unpaired) electrons. The zero-order chi connectivity index (χ0) is 38.4. The van der Waals surface area contributed by atoms with Crippen LogP contribution in [0.15, 0.2) is 64.3 Å². The normalized spacial score (nSPS) is 20.5. The number of carbonyl (C=O) groups is 5. The highest BCUT2D eigenvalue weighted by atomic mass is 16.6. The number of hydrogen-bond donors (Lipinski definition) is 10. The van der Waals surface area contributed by atoms with E-state index >= 15 is 0 Å². The number of benzene rings is 1. The van der Waals surface area contributed by atoms with Gasteiger partial charge in [0.1, 0.15) is 36.1 Å². The number of carboxylic acid groups (broad SMARTS) is 1. The molecule has 1 unspecified atom stereocenters. The number of likely N-dealkylation sites (N-methyl/N-ethyl adjacent to an activating group) is 1. The van der Waals surface area contributed by atoms with E-state index in [2.05, 4.69) is 26.3 Å². The van der Waals surface area contributed by atoms with Crippen LogP contribution in [-0.4, -0.2) is 114 Å². The summed E-state index contributed by atoms with van der Waals surface area (Å²) in [6, 6.07) is 0.994. The van der Waals surface area contributed by atoms with Crippen molar-refractivity contribution in [2.24, 2.45) is 5.73 Å². The quantitative estimate of drug-likeness (QED) is 0.0860. The zero-order valence-corrected chi connectivity index (χ0v) is 28.5. The minimum Gasteiger partial charge on any atom is -0.480 e. The smallest absolute Gasteiger partial charge is 0.331 e. The molecular formula is C32H41N9O11. The van der Waals surface area contributed by atoms with Gasteiger partial charge in [0, 0.05) is 49.0 Å². The molecular weight excluding hydrogens is 686 g/mol. The minimum atomic E-state index is -1.73. The highest BCUT2D eigenvalue weighted by Crippen LogP contribution is 2.30. The van der Waals surface area contributed by atoms with Gasteiger partial charge in [-0.3, -0.25) is 28.7 Å². The lowest BCUT2D eigenvalue weighted by atomic mass is 10.1. The molecule has 3 aromatic rings. The second-order valence-corrected chi connectivity index (χ2v) is 12.3. The summed E-state index contributed by atoms with van der Waals surface area (Å²) in [5, 5.41) is 41.1. The van der Waals surface area contributed by atoms with E-state index in [1.54, 1.807) is 18.3 Å². The molecule has 1 aliphatic rings. The van der Waals surface area contributed by atoms with Crippen LogP contribution in [0.2, 0.25) is 0 Å². The van der Waals surface area contributed by atoms with E-state index in [-0.39, 0.29) is 12.2 Å². The molecule has 8 atom stereocenters. The Bertz CT molecular complexity index is 1970. The van der Waals surface area contributed by atoms with Gasteiger partial charge in [0.15, 0.2) is 0 Å². The number of fused-ring (bicyclic) bond motifs is 1. The average molecular weight is 728 g/mol. The highest BCUT2D eigenvalue weighted by molar-refractivity contribution is 5.93. The molecule has 0 bridgehead atoms. The molecule has 1 saturated heterocycles. The maximum Gasteiger partial charge on any atom is 0.331 e. The summed E-state index contributed by atoms with van der Waals surface area (Å²) in [5.74, 6) is -4.11. The van der Waals surface area contributed by atoms with E-state index in [1.165, 1.54) is 27.8 Å². The largest absolute Gasteiger partial charge is 0.480 e. The van der Waals surface area contributed by atoms with Crippen molar-refractivity contribution in [1.82, 2.24) is 40.7 Å². The van der Waals surface area contributed by atoms with Crippen molar-refractivity contribution in [2.45, 2.75) is 75.8 Å². The Labute approximate surface area is 295 Å². The molecule has 1 fully saturated rings. The number of aliphatic hydroxyl groups excluding tert-OH is 2. The van der Waals surface area contributed by atoms with Gasteiger partial charge in [-0.05, 0) is 32.4 Å². The van der Waals surface area contributed by atoms with Crippen molar-refractivity contribution in [3.63, 3.8) is 0 Å². The second-order valence-electron chi connectivity index (χ2n) is 12.3. The number of nitrogens with one attached hydrogen (secondary N) is 6. The number of urea groups is 1. The molecule has 20 nitrogen and oxygen atoms in total. The average Bonchev–Trinajstić information content (AvgIpc) is 3.63. The fourth-order valence-electron chi connectivity index (χ4n) is 5.42. The van der Waals surface area contributed by atoms with Crippen LogP contribution >= 0.6 is 0 Å². The third-order valence-corrected chi connectivity index (χ3v) is 8.50. The molecule has 52 heavy (non-hydrogen) atoms. The first-order valence-corrected chi connectivity index (χ1v) is 16.0. The van der Waals surface area contributed by atoms with Crippen LogP contribution in [0.3, 0.4) is 0 Å². The minimum absolute atomic E-state index is 0.0691. The Balaban J connectivity index is 1.46. The summed E-state index contributed by atoms with van der Waals surface area (Å²) < 4.78 is 6.31. The Morgan fingerprint density at radius 1 is 1.04 bits per heavy atom. The lowest BCUT2D eigenvalue weighted by molar-refractivity contribution is -0.139. The number of aliphatic carboxylic acids is 1. The Hall–Kier alpha value is -5.99. The summed E-state index contributed by atoms with van der Waals surface area (Å²) in [4.78, 5) is 94.1. The Morgan fingerprint density at radius 2 is 1.73 bits per heavy atom. The number of aromatic amines is 2. The lowest BCUT2D eigenvalue weighted by Crippen LogP contribution is -2.61. The van der Waals surface area contributed by atoms with Crippen LogP contribution in [0.25, 0.3) is 10.9 Å². The fourth-order valence-corrected chi connectivity index (χ4v) is 5.42. The first-order chi connectivity index (χ1) is 24.5. The number of aromatic nitrogens is 3. The van der Waals surface area contributed by atoms with Crippen LogP contribution < -0.4 is 38.2 Å². The molecule has 1 aromatic carbocycles. The van der Waals surface area contributed by atoms with Crippen molar-refractivity contribution >= 4 is 40.6 Å². The van der Waals surface area contributed by atoms with E-state index in [9.17, 15) is 48.9 Å². The summed E-state index contributed by atoms with van der Waals surface area (Å²) in [7, 11) is 1.35. The first-order valence-electron chi connectivity index (χ1n) is 16.0. The van der Waals surface area contributed by atoms with Gasteiger partial charge in [-0.15, -0.1) is 0 Å². The number of aliphatic hydroxyl groups is 2. The van der Waals surface area contributed by atoms with Crippen LogP contribution in [0.1, 0.15) is 32.6 Å². The molecule has 20 heteroatoms. The molecule has 0 spiro atoms. The van der Waals surface area contributed by atoms with E-state index < -0.39 is 89.6 Å². The topological polar surface area (TPSA) is 303 Å². The predicted molar refractivity (Wildman–Crippen MR) is 182 cm³/mol. The van der Waals surface area contributed by atoms with Crippen molar-refractivity contribution < 1.29 is 44.0 Å². The van der Waals surface area contributed by atoms with Gasteiger partial charge < -0.3 is 56.9 Å². The monoisotopic (exact) mass is 727 g/mol. The Morgan fingerprint density at radius 3 is 2.38 bits per heavy atom. The van der Waals surface area contributed by atoms with Gasteiger partial charge in [-0.25, -0.2) is 14.4 Å². The standard InChI is InChI=1S/C32H41N9O11/c1-14(33)28(47)40(4)16(3)23(27(46)35-13-21-24(43)25(44)29(52-21)41-10-9-22(42)38-32(41)51)39-26(45)15(2)36-31(50)37-20(30(48)49)11-17-12-34-19-8-6-5-7-18(17)19/h5-10,12-16,20,23-25,29,34,43-44H,11,33H2,1-4H3,(H,35,46)(H,39,45)(H,48,49)(H2,36,37,50)(H,38,42,51)/b21-13-/t14-,15-,16+,20-,23?,24+,25+,29+/m0/s1. The summed E-state index contributed by atoms with van der Waals surface area (Å²) in [6.07, 6.45) is -1.40. The van der Waals surface area contributed by atoms with Crippen molar-refractivity contribution in [1.29, 1.82) is 0 Å². The summed E-state index contributed by atoms with van der Waals surface area (Å²) in [6.45, 7) is 4.14. The van der Waals surface area contributed by atoms with Gasteiger partial charge in [-0.2, -0.15) is 0 Å². The number of para-hydroxylation sites is 1. The van der Waals surface area contributed by atoms with Crippen molar-refractivity contribution in [3.05, 3.63) is 81.1 Å². The third kappa shape index (κ3) is 8.83. The van der Waals surface area contributed by atoms with Gasteiger partial charge in [0.05, 0.1) is 12.1 Å². The number of rotatable bonds is 13. The van der Waals surface area contributed by atoms with E-state index in [4.69, 9.17) is 10.5 Å². The number of nitrogens with zero attached hydrogens (tertiary/aromatic N) is 2. The predicted octanol–water partition coefficient (Wildman–Crippen LogP) is -2.71. The number of nitrogens with two attached hydrogens (primary N) is 1. The molecule has 280 valence electrons. The number of carboxylic acids is 1. The lowest BCUT2D eigenvalue weighted by Gasteiger charge is -2.33. The first kappa shape index (κ1) is 38.8. The third-order valence-electron chi connectivity index (χ3n) is 8.50. The molecule has 2 aromatic heterocycles. The molecule has 11 N–H and O–H groups in total. The van der Waals surface area contributed by atoms with Crippen molar-refractivity contribution in [3.8, 4) is 0 Å². The van der Waals surface area contributed by atoms with Gasteiger partial charge in [0.25, 0.3) is 5.56 Å². The van der Waals surface area contributed by atoms with E-state index in [0.29, 0.717) is 5.56 Å². The maximum absolute atomic E-state index is 13.5. The summed E-state index contributed by atoms with van der Waals surface area (Å²) in [5.41, 5.74) is 5.52. The molecule has 5 amide bonds. The second kappa shape index (κ2) is 16.4. The Kier molecular flexibility index (Phi) is 12.2. The number of hydrogen-bond acceptors (Lipinski definition) is 11. The van der Waals surface area contributed by atoms with Crippen LogP contribution in [-0.2, 0) is 30.3 Å². The highest BCUT2D eigenvalue weighted by Gasteiger charge is 2.42. The van der Waals surface area contributed by atoms with Crippen LogP contribution in [0, 0.1) is 0 Å².